The van der Waals surface area contributed by atoms with Crippen LogP contribution < -0.4 is 19.7 Å². The first-order valence-corrected chi connectivity index (χ1v) is 10.9. The summed E-state index contributed by atoms with van der Waals surface area (Å²) in [6.07, 6.45) is 4.73. The van der Waals surface area contributed by atoms with Gasteiger partial charge in [-0.1, -0.05) is 0 Å². The molecule has 1 fully saturated rings. The van der Waals surface area contributed by atoms with Crippen LogP contribution >= 0.6 is 11.8 Å². The Bertz CT molecular complexity index is 804. The second-order valence-electron chi connectivity index (χ2n) is 7.09. The van der Waals surface area contributed by atoms with Gasteiger partial charge in [-0.25, -0.2) is 0 Å². The molecule has 0 saturated carbocycles. The molecule has 6 heteroatoms. The van der Waals surface area contributed by atoms with Gasteiger partial charge in [-0.05, 0) is 61.7 Å². The highest BCUT2D eigenvalue weighted by Crippen LogP contribution is 2.34. The maximum absolute atomic E-state index is 12.3. The molecule has 2 heterocycles. The lowest BCUT2D eigenvalue weighted by Gasteiger charge is -2.28. The van der Waals surface area contributed by atoms with Crippen molar-refractivity contribution in [1.82, 2.24) is 0 Å². The molecular formula is C22H26N2O3S. The number of carbonyl (C=O) groups excluding carboxylic acids is 1. The summed E-state index contributed by atoms with van der Waals surface area (Å²) in [6.45, 7) is 3.59. The Morgan fingerprint density at radius 1 is 0.929 bits per heavy atom. The topological polar surface area (TPSA) is 50.8 Å². The van der Waals surface area contributed by atoms with Crippen LogP contribution in [0.3, 0.4) is 0 Å². The molecule has 0 spiro atoms. The Morgan fingerprint density at radius 2 is 1.68 bits per heavy atom. The number of rotatable bonds is 5. The highest BCUT2D eigenvalue weighted by molar-refractivity contribution is 8.00. The van der Waals surface area contributed by atoms with E-state index in [-0.39, 0.29) is 5.91 Å². The van der Waals surface area contributed by atoms with E-state index >= 15 is 0 Å². The minimum Gasteiger partial charge on any atom is -0.490 e. The Hall–Kier alpha value is -2.34. The van der Waals surface area contributed by atoms with Crippen LogP contribution in [0.15, 0.2) is 47.4 Å². The van der Waals surface area contributed by atoms with Gasteiger partial charge in [-0.15, -0.1) is 11.8 Å². The van der Waals surface area contributed by atoms with Crippen LogP contribution in [0.2, 0.25) is 0 Å². The Balaban J connectivity index is 1.29. The Labute approximate surface area is 170 Å². The summed E-state index contributed by atoms with van der Waals surface area (Å²) in [5.41, 5.74) is 2.07. The summed E-state index contributed by atoms with van der Waals surface area (Å²) in [4.78, 5) is 15.7. The first-order chi connectivity index (χ1) is 13.8. The van der Waals surface area contributed by atoms with Crippen molar-refractivity contribution in [2.75, 3.05) is 42.3 Å². The van der Waals surface area contributed by atoms with Crippen molar-refractivity contribution < 1.29 is 14.3 Å². The van der Waals surface area contributed by atoms with E-state index in [9.17, 15) is 4.79 Å². The van der Waals surface area contributed by atoms with Gasteiger partial charge in [-0.2, -0.15) is 0 Å². The molecule has 28 heavy (non-hydrogen) atoms. The largest absolute Gasteiger partial charge is 0.490 e. The molecule has 0 aliphatic carbocycles. The zero-order chi connectivity index (χ0) is 19.2. The average Bonchev–Trinajstić information content (AvgIpc) is 2.98. The molecule has 5 nitrogen and oxygen atoms in total. The second kappa shape index (κ2) is 9.24. The normalized spacial score (nSPS) is 16.4. The lowest BCUT2D eigenvalue weighted by atomic mass is 10.1. The molecule has 0 bridgehead atoms. The predicted molar refractivity (Wildman–Crippen MR) is 114 cm³/mol. The predicted octanol–water partition coefficient (Wildman–Crippen LogP) is 4.57. The smallest absolute Gasteiger partial charge is 0.234 e. The first kappa shape index (κ1) is 19.0. The minimum absolute atomic E-state index is 0.0113. The van der Waals surface area contributed by atoms with Crippen LogP contribution in [0.1, 0.15) is 25.7 Å². The molecule has 1 amide bonds. The third kappa shape index (κ3) is 4.93. The molecule has 2 aliphatic rings. The number of benzene rings is 2. The quantitative estimate of drug-likeness (QED) is 0.748. The van der Waals surface area contributed by atoms with Crippen molar-refractivity contribution in [3.05, 3.63) is 42.5 Å². The van der Waals surface area contributed by atoms with Gasteiger partial charge in [-0.3, -0.25) is 4.79 Å². The Kier molecular flexibility index (Phi) is 6.27. The fourth-order valence-electron chi connectivity index (χ4n) is 3.49. The number of piperidine rings is 1. The van der Waals surface area contributed by atoms with Crippen LogP contribution in [-0.4, -0.2) is 38.0 Å². The number of hydrogen-bond acceptors (Lipinski definition) is 5. The number of amides is 1. The third-order valence-corrected chi connectivity index (χ3v) is 5.95. The molecule has 0 aromatic heterocycles. The lowest BCUT2D eigenvalue weighted by Crippen LogP contribution is -2.29. The molecule has 148 valence electrons. The van der Waals surface area contributed by atoms with Crippen molar-refractivity contribution in [3.63, 3.8) is 0 Å². The fraction of sp³-hybridized carbons (Fsp3) is 0.409. The van der Waals surface area contributed by atoms with Gasteiger partial charge in [0.1, 0.15) is 0 Å². The number of anilines is 2. The van der Waals surface area contributed by atoms with E-state index in [1.807, 2.05) is 30.3 Å². The molecule has 2 aromatic rings. The summed E-state index contributed by atoms with van der Waals surface area (Å²) < 4.78 is 11.4. The number of carbonyl (C=O) groups is 1. The van der Waals surface area contributed by atoms with Gasteiger partial charge >= 0.3 is 0 Å². The SMILES string of the molecule is O=C(CSc1ccc2c(c1)OCCCO2)Nc1ccc(N2CCCCC2)cc1. The number of hydrogen-bond donors (Lipinski definition) is 1. The zero-order valence-corrected chi connectivity index (χ0v) is 16.8. The van der Waals surface area contributed by atoms with E-state index in [1.54, 1.807) is 0 Å². The van der Waals surface area contributed by atoms with Crippen LogP contribution in [0.25, 0.3) is 0 Å². The molecule has 1 N–H and O–H groups in total. The number of thioether (sulfide) groups is 1. The van der Waals surface area contributed by atoms with E-state index in [4.69, 9.17) is 9.47 Å². The molecule has 1 saturated heterocycles. The monoisotopic (exact) mass is 398 g/mol. The van der Waals surface area contributed by atoms with Crippen molar-refractivity contribution in [1.29, 1.82) is 0 Å². The average molecular weight is 399 g/mol. The molecular weight excluding hydrogens is 372 g/mol. The van der Waals surface area contributed by atoms with Crippen molar-refractivity contribution in [3.8, 4) is 11.5 Å². The van der Waals surface area contributed by atoms with Crippen LogP contribution in [0, 0.1) is 0 Å². The standard InChI is InChI=1S/C22H26N2O3S/c25-22(16-28-19-9-10-20-21(15-19)27-14-4-13-26-20)23-17-5-7-18(8-6-17)24-11-2-1-3-12-24/h5-10,15H,1-4,11-14,16H2,(H,23,25). The molecule has 0 atom stereocenters. The van der Waals surface area contributed by atoms with E-state index < -0.39 is 0 Å². The maximum atomic E-state index is 12.3. The zero-order valence-electron chi connectivity index (χ0n) is 16.0. The highest BCUT2D eigenvalue weighted by atomic mass is 32.2. The molecule has 0 unspecified atom stereocenters. The van der Waals surface area contributed by atoms with Crippen LogP contribution in [0.4, 0.5) is 11.4 Å². The lowest BCUT2D eigenvalue weighted by molar-refractivity contribution is -0.113. The second-order valence-corrected chi connectivity index (χ2v) is 8.14. The van der Waals surface area contributed by atoms with E-state index in [0.717, 1.165) is 41.6 Å². The van der Waals surface area contributed by atoms with Gasteiger partial charge in [0.25, 0.3) is 0 Å². The van der Waals surface area contributed by atoms with Crippen molar-refractivity contribution in [2.24, 2.45) is 0 Å². The van der Waals surface area contributed by atoms with E-state index in [1.165, 1.54) is 36.7 Å². The number of nitrogens with zero attached hydrogens (tertiary/aromatic N) is 1. The maximum Gasteiger partial charge on any atom is 0.234 e. The number of nitrogens with one attached hydrogen (secondary N) is 1. The Morgan fingerprint density at radius 3 is 2.46 bits per heavy atom. The minimum atomic E-state index is -0.0113. The summed E-state index contributed by atoms with van der Waals surface area (Å²) in [5, 5.41) is 2.98. The molecule has 2 aromatic carbocycles. The van der Waals surface area contributed by atoms with Crippen molar-refractivity contribution >= 4 is 29.0 Å². The summed E-state index contributed by atoms with van der Waals surface area (Å²) in [5.74, 6) is 1.88. The van der Waals surface area contributed by atoms with Gasteiger partial charge < -0.3 is 19.7 Å². The summed E-state index contributed by atoms with van der Waals surface area (Å²) in [6, 6.07) is 14.0. The van der Waals surface area contributed by atoms with Crippen molar-refractivity contribution in [2.45, 2.75) is 30.6 Å². The van der Waals surface area contributed by atoms with Gasteiger partial charge in [0, 0.05) is 35.8 Å². The van der Waals surface area contributed by atoms with E-state index in [2.05, 4.69) is 22.3 Å². The van der Waals surface area contributed by atoms with Crippen LogP contribution in [-0.2, 0) is 4.79 Å². The number of ether oxygens (including phenoxy) is 2. The molecule has 0 radical (unpaired) electrons. The molecule has 4 rings (SSSR count). The highest BCUT2D eigenvalue weighted by Gasteiger charge is 2.13. The third-order valence-electron chi connectivity index (χ3n) is 4.96. The number of fused-ring (bicyclic) bond motifs is 1. The van der Waals surface area contributed by atoms with Gasteiger partial charge in [0.05, 0.1) is 19.0 Å². The van der Waals surface area contributed by atoms with Gasteiger partial charge in [0.2, 0.25) is 5.91 Å². The fourth-order valence-corrected chi connectivity index (χ4v) is 4.21. The summed E-state index contributed by atoms with van der Waals surface area (Å²) in [7, 11) is 0. The molecule has 2 aliphatic heterocycles. The summed E-state index contributed by atoms with van der Waals surface area (Å²) >= 11 is 1.50. The van der Waals surface area contributed by atoms with Gasteiger partial charge in [0.15, 0.2) is 11.5 Å². The van der Waals surface area contributed by atoms with Crippen LogP contribution in [0.5, 0.6) is 11.5 Å². The van der Waals surface area contributed by atoms with E-state index in [0.29, 0.717) is 19.0 Å². The first-order valence-electron chi connectivity index (χ1n) is 9.95.